The molecule has 0 saturated heterocycles. The molecule has 0 heterocycles. The van der Waals surface area contributed by atoms with E-state index in [4.69, 9.17) is 4.74 Å². The number of halogens is 3. The molecule has 0 aliphatic rings. The van der Waals surface area contributed by atoms with Crippen LogP contribution < -0.4 is 10.6 Å². The number of amides is 1. The molecule has 2 rings (SSSR count). The van der Waals surface area contributed by atoms with Crippen molar-refractivity contribution in [2.45, 2.75) is 13.1 Å². The van der Waals surface area contributed by atoms with Crippen LogP contribution >= 0.6 is 0 Å². The van der Waals surface area contributed by atoms with Gasteiger partial charge in [-0.2, -0.15) is 13.2 Å². The SMILES string of the molecule is Cc1cccc(NC(=O)COC(=O)c2ccccc2NC=CC(=O)C(F)(F)F)c1. The number of carbonyl (C=O) groups is 3. The Bertz CT molecular complexity index is 939. The van der Waals surface area contributed by atoms with E-state index >= 15 is 0 Å². The smallest absolute Gasteiger partial charge is 0.452 e. The fraction of sp³-hybridized carbons (Fsp3) is 0.150. The highest BCUT2D eigenvalue weighted by molar-refractivity contribution is 5.99. The van der Waals surface area contributed by atoms with E-state index in [1.54, 1.807) is 18.2 Å². The minimum Gasteiger partial charge on any atom is -0.452 e. The Morgan fingerprint density at radius 3 is 2.48 bits per heavy atom. The number of para-hydroxylation sites is 1. The predicted molar refractivity (Wildman–Crippen MR) is 100 cm³/mol. The van der Waals surface area contributed by atoms with Gasteiger partial charge in [0.2, 0.25) is 0 Å². The van der Waals surface area contributed by atoms with Gasteiger partial charge in [0.25, 0.3) is 11.7 Å². The topological polar surface area (TPSA) is 84.5 Å². The average molecular weight is 406 g/mol. The Kier molecular flexibility index (Phi) is 7.13. The molecule has 152 valence electrons. The van der Waals surface area contributed by atoms with Crippen LogP contribution in [0, 0.1) is 6.92 Å². The van der Waals surface area contributed by atoms with Gasteiger partial charge < -0.3 is 15.4 Å². The first-order valence-corrected chi connectivity index (χ1v) is 8.34. The highest BCUT2D eigenvalue weighted by Gasteiger charge is 2.36. The summed E-state index contributed by atoms with van der Waals surface area (Å²) in [6.07, 6.45) is -3.91. The van der Waals surface area contributed by atoms with Crippen molar-refractivity contribution in [3.05, 3.63) is 71.9 Å². The number of rotatable bonds is 7. The van der Waals surface area contributed by atoms with Crippen molar-refractivity contribution in [2.24, 2.45) is 0 Å². The van der Waals surface area contributed by atoms with Gasteiger partial charge >= 0.3 is 12.1 Å². The molecule has 0 spiro atoms. The average Bonchev–Trinajstić information content (AvgIpc) is 2.65. The van der Waals surface area contributed by atoms with Crippen LogP contribution in [0.2, 0.25) is 0 Å². The lowest BCUT2D eigenvalue weighted by Gasteiger charge is -2.10. The molecule has 0 unspecified atom stereocenters. The van der Waals surface area contributed by atoms with Crippen molar-refractivity contribution in [3.8, 4) is 0 Å². The molecule has 2 N–H and O–H groups in total. The first-order chi connectivity index (χ1) is 13.7. The molecule has 2 aromatic carbocycles. The molecule has 0 bridgehead atoms. The maximum absolute atomic E-state index is 12.2. The quantitative estimate of drug-likeness (QED) is 0.539. The monoisotopic (exact) mass is 406 g/mol. The number of nitrogens with one attached hydrogen (secondary N) is 2. The van der Waals surface area contributed by atoms with Gasteiger partial charge in [-0.1, -0.05) is 24.3 Å². The van der Waals surface area contributed by atoms with Crippen LogP contribution in [-0.2, 0) is 14.3 Å². The van der Waals surface area contributed by atoms with E-state index < -0.39 is 30.4 Å². The number of anilines is 2. The van der Waals surface area contributed by atoms with Crippen molar-refractivity contribution in [2.75, 3.05) is 17.2 Å². The number of aryl methyl sites for hydroxylation is 1. The second-order valence-corrected chi connectivity index (χ2v) is 5.88. The predicted octanol–water partition coefficient (Wildman–Crippen LogP) is 3.85. The molecule has 0 radical (unpaired) electrons. The summed E-state index contributed by atoms with van der Waals surface area (Å²) in [4.78, 5) is 35.0. The molecule has 0 aliphatic heterocycles. The van der Waals surface area contributed by atoms with Crippen LogP contribution in [0.25, 0.3) is 0 Å². The van der Waals surface area contributed by atoms with Gasteiger partial charge in [0.15, 0.2) is 6.61 Å². The molecule has 0 fully saturated rings. The van der Waals surface area contributed by atoms with Gasteiger partial charge in [0.1, 0.15) is 0 Å². The molecule has 2 aromatic rings. The van der Waals surface area contributed by atoms with Gasteiger partial charge in [-0.3, -0.25) is 9.59 Å². The summed E-state index contributed by atoms with van der Waals surface area (Å²) in [5.41, 5.74) is 1.59. The third-order valence-corrected chi connectivity index (χ3v) is 3.54. The summed E-state index contributed by atoms with van der Waals surface area (Å²) in [5, 5.41) is 5.01. The number of ether oxygens (including phenoxy) is 1. The zero-order chi connectivity index (χ0) is 21.4. The van der Waals surface area contributed by atoms with Gasteiger partial charge in [-0.05, 0) is 36.8 Å². The zero-order valence-corrected chi connectivity index (χ0v) is 15.2. The molecule has 0 aromatic heterocycles. The van der Waals surface area contributed by atoms with Crippen molar-refractivity contribution >= 4 is 29.0 Å². The fourth-order valence-electron chi connectivity index (χ4n) is 2.22. The van der Waals surface area contributed by atoms with Gasteiger partial charge in [-0.15, -0.1) is 0 Å². The zero-order valence-electron chi connectivity index (χ0n) is 15.2. The van der Waals surface area contributed by atoms with Gasteiger partial charge in [0.05, 0.1) is 11.3 Å². The number of alkyl halides is 3. The van der Waals surface area contributed by atoms with E-state index in [9.17, 15) is 27.6 Å². The maximum atomic E-state index is 12.2. The second kappa shape index (κ2) is 9.54. The lowest BCUT2D eigenvalue weighted by molar-refractivity contribution is -0.165. The molecule has 6 nitrogen and oxygen atoms in total. The van der Waals surface area contributed by atoms with E-state index in [1.807, 2.05) is 13.0 Å². The Hall–Kier alpha value is -3.62. The van der Waals surface area contributed by atoms with Crippen molar-refractivity contribution in [3.63, 3.8) is 0 Å². The first-order valence-electron chi connectivity index (χ1n) is 8.34. The molecule has 29 heavy (non-hydrogen) atoms. The molecule has 9 heteroatoms. The largest absolute Gasteiger partial charge is 0.454 e. The summed E-state index contributed by atoms with van der Waals surface area (Å²) < 4.78 is 41.5. The van der Waals surface area contributed by atoms with Crippen LogP contribution in [0.1, 0.15) is 15.9 Å². The second-order valence-electron chi connectivity index (χ2n) is 5.88. The summed E-state index contributed by atoms with van der Waals surface area (Å²) in [6.45, 7) is 1.31. The minimum atomic E-state index is -4.98. The number of hydrogen-bond acceptors (Lipinski definition) is 5. The Morgan fingerprint density at radius 1 is 1.07 bits per heavy atom. The van der Waals surface area contributed by atoms with Crippen LogP contribution in [0.4, 0.5) is 24.5 Å². The molecular weight excluding hydrogens is 389 g/mol. The van der Waals surface area contributed by atoms with Crippen LogP contribution in [0.3, 0.4) is 0 Å². The molecular formula is C20H17F3N2O4. The van der Waals surface area contributed by atoms with Crippen molar-refractivity contribution < 1.29 is 32.3 Å². The molecule has 0 atom stereocenters. The lowest BCUT2D eigenvalue weighted by atomic mass is 10.2. The summed E-state index contributed by atoms with van der Waals surface area (Å²) in [5.74, 6) is -3.45. The first kappa shape index (κ1) is 21.7. The Balaban J connectivity index is 1.96. The van der Waals surface area contributed by atoms with E-state index in [0.717, 1.165) is 11.8 Å². The summed E-state index contributed by atoms with van der Waals surface area (Å²) >= 11 is 0. The Labute approximate surface area is 164 Å². The number of esters is 1. The van der Waals surface area contributed by atoms with Gasteiger partial charge in [-0.25, -0.2) is 4.79 Å². The van der Waals surface area contributed by atoms with E-state index in [0.29, 0.717) is 11.8 Å². The summed E-state index contributed by atoms with van der Waals surface area (Å²) in [7, 11) is 0. The third kappa shape index (κ3) is 6.80. The van der Waals surface area contributed by atoms with Gasteiger partial charge in [0, 0.05) is 18.0 Å². The number of allylic oxidation sites excluding steroid dienone is 1. The van der Waals surface area contributed by atoms with Crippen molar-refractivity contribution in [1.82, 2.24) is 0 Å². The number of ketones is 1. The minimum absolute atomic E-state index is 0.0139. The van der Waals surface area contributed by atoms with E-state index in [1.165, 1.54) is 24.3 Å². The maximum Gasteiger partial charge on any atom is 0.454 e. The van der Waals surface area contributed by atoms with Crippen LogP contribution in [0.15, 0.2) is 60.8 Å². The lowest BCUT2D eigenvalue weighted by Crippen LogP contribution is -2.21. The van der Waals surface area contributed by atoms with E-state index in [-0.39, 0.29) is 11.3 Å². The molecule has 0 saturated carbocycles. The van der Waals surface area contributed by atoms with E-state index in [2.05, 4.69) is 10.6 Å². The highest BCUT2D eigenvalue weighted by atomic mass is 19.4. The van der Waals surface area contributed by atoms with Crippen LogP contribution in [-0.4, -0.2) is 30.4 Å². The standard InChI is InChI=1S/C20H17F3N2O4/c1-13-5-4-6-14(11-13)25-18(27)12-29-19(28)15-7-2-3-8-16(15)24-10-9-17(26)20(21,22)23/h2-11,24H,12H2,1H3,(H,25,27). The molecule has 0 aliphatic carbocycles. The Morgan fingerprint density at radius 2 is 1.79 bits per heavy atom. The number of benzene rings is 2. The number of carbonyl (C=O) groups excluding carboxylic acids is 3. The summed E-state index contributed by atoms with van der Waals surface area (Å²) in [6, 6.07) is 12.9. The normalized spacial score (nSPS) is 11.2. The molecule has 1 amide bonds. The highest BCUT2D eigenvalue weighted by Crippen LogP contribution is 2.18. The van der Waals surface area contributed by atoms with Crippen molar-refractivity contribution in [1.29, 1.82) is 0 Å². The van der Waals surface area contributed by atoms with Crippen LogP contribution in [0.5, 0.6) is 0 Å². The fourth-order valence-corrected chi connectivity index (χ4v) is 2.22. The third-order valence-electron chi connectivity index (χ3n) is 3.54. The number of hydrogen-bond donors (Lipinski definition) is 2.